The number of aliphatic hydroxyl groups excluding tert-OH is 1. The van der Waals surface area contributed by atoms with Crippen LogP contribution in [0.3, 0.4) is 0 Å². The van der Waals surface area contributed by atoms with Crippen molar-refractivity contribution in [1.29, 1.82) is 0 Å². The van der Waals surface area contributed by atoms with Crippen molar-refractivity contribution in [3.63, 3.8) is 0 Å². The Kier molecular flexibility index (Phi) is 9.16. The monoisotopic (exact) mass is 599 g/mol. The van der Waals surface area contributed by atoms with Gasteiger partial charge in [0.15, 0.2) is 11.4 Å². The average molecular weight is 600 g/mol. The molecule has 43 heavy (non-hydrogen) atoms. The van der Waals surface area contributed by atoms with Crippen molar-refractivity contribution >= 4 is 11.8 Å². The smallest absolute Gasteiger partial charge is 0.274 e. The molecule has 1 saturated heterocycles. The number of fused-ring (bicyclic) bond motifs is 4. The number of carbonyl (C=O) groups excluding carboxylic acids is 2. The van der Waals surface area contributed by atoms with Crippen LogP contribution in [0.2, 0.25) is 0 Å². The molecule has 9 nitrogen and oxygen atoms in total. The van der Waals surface area contributed by atoms with Crippen molar-refractivity contribution in [2.75, 3.05) is 26.4 Å². The first-order valence-corrected chi connectivity index (χ1v) is 14.1. The van der Waals surface area contributed by atoms with Crippen LogP contribution in [-0.2, 0) is 17.9 Å². The fraction of sp³-hybridized carbons (Fsp3) is 0.387. The maximum absolute atomic E-state index is 14.2. The lowest BCUT2D eigenvalue weighted by atomic mass is 9.94. The summed E-state index contributed by atoms with van der Waals surface area (Å²) >= 11 is 0. The number of nitrogens with one attached hydrogen (secondary N) is 1. The Morgan fingerprint density at radius 3 is 2.51 bits per heavy atom. The van der Waals surface area contributed by atoms with E-state index in [1.807, 2.05) is 13.0 Å². The van der Waals surface area contributed by atoms with E-state index in [1.165, 1.54) is 6.20 Å². The number of ether oxygens (including phenoxy) is 2. The van der Waals surface area contributed by atoms with E-state index >= 15 is 0 Å². The van der Waals surface area contributed by atoms with Gasteiger partial charge in [0.1, 0.15) is 29.6 Å². The lowest BCUT2D eigenvalue weighted by molar-refractivity contribution is 0.0398. The van der Waals surface area contributed by atoms with Crippen LogP contribution in [0, 0.1) is 23.4 Å². The summed E-state index contributed by atoms with van der Waals surface area (Å²) in [6.07, 6.45) is 2.64. The number of aromatic nitrogens is 1. The first-order chi connectivity index (χ1) is 20.7. The first kappa shape index (κ1) is 30.3. The van der Waals surface area contributed by atoms with Gasteiger partial charge >= 0.3 is 0 Å². The highest BCUT2D eigenvalue weighted by Crippen LogP contribution is 2.38. The highest BCUT2D eigenvalue weighted by Gasteiger charge is 2.43. The van der Waals surface area contributed by atoms with Gasteiger partial charge < -0.3 is 29.4 Å². The molecule has 2 aromatic carbocycles. The van der Waals surface area contributed by atoms with Crippen molar-refractivity contribution in [3.8, 4) is 5.75 Å². The molecule has 0 aliphatic carbocycles. The van der Waals surface area contributed by atoms with E-state index in [4.69, 9.17) is 9.47 Å². The van der Waals surface area contributed by atoms with Crippen molar-refractivity contribution in [1.82, 2.24) is 14.8 Å². The van der Waals surface area contributed by atoms with Crippen molar-refractivity contribution in [3.05, 3.63) is 98.7 Å². The Bertz CT molecular complexity index is 1540. The summed E-state index contributed by atoms with van der Waals surface area (Å²) in [5.74, 6) is -5.27. The van der Waals surface area contributed by atoms with Gasteiger partial charge in [0.05, 0.1) is 25.9 Å². The van der Waals surface area contributed by atoms with Gasteiger partial charge in [-0.05, 0) is 25.3 Å². The summed E-state index contributed by atoms with van der Waals surface area (Å²) in [4.78, 5) is 42.7. The maximum atomic E-state index is 14.2. The molecule has 5 rings (SSSR count). The lowest BCUT2D eigenvalue weighted by Crippen LogP contribution is -2.49. The van der Waals surface area contributed by atoms with E-state index in [0.717, 1.165) is 5.56 Å². The fourth-order valence-corrected chi connectivity index (χ4v) is 5.67. The molecule has 12 heteroatoms. The van der Waals surface area contributed by atoms with Crippen LogP contribution in [0.5, 0.6) is 5.75 Å². The second-order valence-electron chi connectivity index (χ2n) is 10.8. The third-order valence-electron chi connectivity index (χ3n) is 8.00. The number of carbonyl (C=O) groups is 2. The quantitative estimate of drug-likeness (QED) is 0.345. The Balaban J connectivity index is 1.57. The van der Waals surface area contributed by atoms with Crippen LogP contribution in [0.1, 0.15) is 57.8 Å². The Hall–Kier alpha value is -4.16. The Morgan fingerprint density at radius 2 is 1.81 bits per heavy atom. The van der Waals surface area contributed by atoms with E-state index in [2.05, 4.69) is 5.32 Å². The molecule has 2 N–H and O–H groups in total. The van der Waals surface area contributed by atoms with Crippen LogP contribution < -0.4 is 15.5 Å². The number of halogens is 3. The van der Waals surface area contributed by atoms with E-state index in [0.29, 0.717) is 31.5 Å². The molecule has 0 unspecified atom stereocenters. The summed E-state index contributed by atoms with van der Waals surface area (Å²) in [5, 5.41) is 11.6. The predicted octanol–water partition coefficient (Wildman–Crippen LogP) is 3.58. The SMILES string of the molecule is C[C@H]1CC[C@@H](COCCO)[C@H]2CN1C(=O)c1c(OCc3ccccc3)c(=O)c(C(=O)NCc3c(F)cc(F)cc3F)cn12. The zero-order valence-corrected chi connectivity index (χ0v) is 23.5. The molecular formula is C31H32F3N3O6. The molecule has 2 aliphatic heterocycles. The Labute approximate surface area is 245 Å². The lowest BCUT2D eigenvalue weighted by Gasteiger charge is -2.39. The number of hydrogen-bond donors (Lipinski definition) is 2. The van der Waals surface area contributed by atoms with E-state index in [1.54, 1.807) is 33.7 Å². The average Bonchev–Trinajstić information content (AvgIpc) is 3.12. The van der Waals surface area contributed by atoms with Crippen molar-refractivity contribution in [2.24, 2.45) is 5.92 Å². The third kappa shape index (κ3) is 6.30. The molecule has 2 aliphatic rings. The molecule has 1 fully saturated rings. The number of rotatable bonds is 10. The van der Waals surface area contributed by atoms with Crippen LogP contribution >= 0.6 is 0 Å². The largest absolute Gasteiger partial charge is 0.483 e. The normalized spacial score (nSPS) is 19.5. The second kappa shape index (κ2) is 13.0. The molecule has 0 spiro atoms. The zero-order chi connectivity index (χ0) is 30.7. The van der Waals surface area contributed by atoms with Gasteiger partial charge in [-0.2, -0.15) is 0 Å². The zero-order valence-electron chi connectivity index (χ0n) is 23.5. The van der Waals surface area contributed by atoms with Gasteiger partial charge in [0.25, 0.3) is 11.8 Å². The number of hydrogen-bond acceptors (Lipinski definition) is 6. The van der Waals surface area contributed by atoms with Crippen molar-refractivity contribution in [2.45, 2.75) is 45.0 Å². The third-order valence-corrected chi connectivity index (χ3v) is 8.00. The van der Waals surface area contributed by atoms with Crippen molar-refractivity contribution < 1.29 is 37.3 Å². The van der Waals surface area contributed by atoms with Gasteiger partial charge in [0.2, 0.25) is 5.43 Å². The molecule has 3 atom stereocenters. The number of nitrogens with zero attached hydrogens (tertiary/aromatic N) is 2. The van der Waals surface area contributed by atoms with E-state index in [9.17, 15) is 32.7 Å². The molecule has 3 heterocycles. The number of pyridine rings is 1. The fourth-order valence-electron chi connectivity index (χ4n) is 5.67. The molecular weight excluding hydrogens is 567 g/mol. The molecule has 2 amide bonds. The van der Waals surface area contributed by atoms with Crippen LogP contribution in [0.15, 0.2) is 53.5 Å². The number of aliphatic hydroxyl groups is 1. The van der Waals surface area contributed by atoms with E-state index < -0.39 is 52.8 Å². The second-order valence-corrected chi connectivity index (χ2v) is 10.8. The summed E-state index contributed by atoms with van der Waals surface area (Å²) < 4.78 is 55.1. The number of amides is 2. The highest BCUT2D eigenvalue weighted by molar-refractivity contribution is 5.99. The molecule has 3 aromatic rings. The minimum atomic E-state index is -1.18. The molecule has 2 bridgehead atoms. The van der Waals surface area contributed by atoms with Gasteiger partial charge in [-0.15, -0.1) is 0 Å². The van der Waals surface area contributed by atoms with E-state index in [-0.39, 0.29) is 55.4 Å². The topological polar surface area (TPSA) is 110 Å². The standard InChI is InChI=1S/C31H32F3N3O6/c1-18-7-8-20(17-42-10-9-38)26-15-36(18)31(41)27-29(43-16-19-5-3-2-4-6-19)28(39)23(14-37(26)27)30(40)35-13-22-24(33)11-21(32)12-25(22)34/h2-6,11-12,14,18,20,26,38H,7-10,13,15-17H2,1H3,(H,35,40)/t18-,20-,26+/m0/s1. The van der Waals surface area contributed by atoms with Crippen LogP contribution in [0.4, 0.5) is 13.2 Å². The molecule has 0 saturated carbocycles. The molecule has 1 aromatic heterocycles. The minimum Gasteiger partial charge on any atom is -0.483 e. The van der Waals surface area contributed by atoms with Gasteiger partial charge in [0, 0.05) is 48.9 Å². The maximum Gasteiger partial charge on any atom is 0.274 e. The summed E-state index contributed by atoms with van der Waals surface area (Å²) in [6.45, 7) is 1.78. The first-order valence-electron chi connectivity index (χ1n) is 14.1. The summed E-state index contributed by atoms with van der Waals surface area (Å²) in [7, 11) is 0. The van der Waals surface area contributed by atoms with Gasteiger partial charge in [-0.3, -0.25) is 14.4 Å². The Morgan fingerprint density at radius 1 is 1.09 bits per heavy atom. The van der Waals surface area contributed by atoms with Crippen LogP contribution in [0.25, 0.3) is 0 Å². The molecule has 228 valence electrons. The summed E-state index contributed by atoms with van der Waals surface area (Å²) in [6, 6.07) is 9.45. The van der Waals surface area contributed by atoms with Gasteiger partial charge in [-0.25, -0.2) is 13.2 Å². The summed E-state index contributed by atoms with van der Waals surface area (Å²) in [5.41, 5.74) is -1.08. The predicted molar refractivity (Wildman–Crippen MR) is 149 cm³/mol. The molecule has 0 radical (unpaired) electrons. The van der Waals surface area contributed by atoms with Gasteiger partial charge in [-0.1, -0.05) is 30.3 Å². The number of benzene rings is 2. The highest BCUT2D eigenvalue weighted by atomic mass is 19.1. The van der Waals surface area contributed by atoms with Crippen LogP contribution in [-0.4, -0.2) is 58.8 Å². The minimum absolute atomic E-state index is 0.00487.